The number of halogens is 1. The summed E-state index contributed by atoms with van der Waals surface area (Å²) in [5, 5.41) is 0. The smallest absolute Gasteiger partial charge is 0.243 e. The number of nitrogens with zero attached hydrogens (tertiary/aromatic N) is 1. The Hall–Kier alpha value is -1.14. The van der Waals surface area contributed by atoms with Crippen LogP contribution >= 0.6 is 0 Å². The average molecular weight is 300 g/mol. The molecular weight excluding hydrogens is 279 g/mol. The number of anilines is 1. The highest BCUT2D eigenvalue weighted by Gasteiger charge is 2.29. The molecule has 2 rings (SSSR count). The molecule has 0 saturated carbocycles. The van der Waals surface area contributed by atoms with Gasteiger partial charge in [-0.2, -0.15) is 4.31 Å². The molecule has 1 fully saturated rings. The van der Waals surface area contributed by atoms with Gasteiger partial charge >= 0.3 is 0 Å². The van der Waals surface area contributed by atoms with Gasteiger partial charge in [0.1, 0.15) is 5.82 Å². The summed E-state index contributed by atoms with van der Waals surface area (Å²) >= 11 is 0. The molecule has 0 radical (unpaired) electrons. The lowest BCUT2D eigenvalue weighted by molar-refractivity contribution is 0.416. The maximum atomic E-state index is 13.7. The molecule has 1 aliphatic rings. The molecule has 0 amide bonds. The van der Waals surface area contributed by atoms with Gasteiger partial charge in [-0.3, -0.25) is 0 Å². The van der Waals surface area contributed by atoms with Crippen molar-refractivity contribution in [1.29, 1.82) is 0 Å². The SMILES string of the molecule is Cc1c(F)cc(N)cc1S(=O)(=O)N1CCCC(C)CC1. The molecular formula is C14H21FN2O2S. The van der Waals surface area contributed by atoms with E-state index in [-0.39, 0.29) is 16.1 Å². The second-order valence-electron chi connectivity index (χ2n) is 5.57. The molecule has 112 valence electrons. The first-order valence-electron chi connectivity index (χ1n) is 6.88. The lowest BCUT2D eigenvalue weighted by Crippen LogP contribution is -2.32. The van der Waals surface area contributed by atoms with E-state index in [1.54, 1.807) is 0 Å². The maximum Gasteiger partial charge on any atom is 0.243 e. The molecule has 1 heterocycles. The summed E-state index contributed by atoms with van der Waals surface area (Å²) in [5.41, 5.74) is 5.85. The average Bonchev–Trinajstić information content (AvgIpc) is 2.58. The van der Waals surface area contributed by atoms with Crippen LogP contribution in [0.3, 0.4) is 0 Å². The molecule has 0 spiro atoms. The molecule has 1 unspecified atom stereocenters. The first-order valence-corrected chi connectivity index (χ1v) is 8.32. The van der Waals surface area contributed by atoms with E-state index in [0.717, 1.165) is 25.3 Å². The van der Waals surface area contributed by atoms with Crippen LogP contribution in [-0.4, -0.2) is 25.8 Å². The quantitative estimate of drug-likeness (QED) is 0.854. The van der Waals surface area contributed by atoms with Gasteiger partial charge in [-0.25, -0.2) is 12.8 Å². The number of nitrogen functional groups attached to an aromatic ring is 1. The maximum absolute atomic E-state index is 13.7. The van der Waals surface area contributed by atoms with Crippen LogP contribution in [0.2, 0.25) is 0 Å². The van der Waals surface area contributed by atoms with Gasteiger partial charge in [-0.15, -0.1) is 0 Å². The number of sulfonamides is 1. The molecule has 6 heteroatoms. The minimum absolute atomic E-state index is 0.00967. The van der Waals surface area contributed by atoms with Crippen molar-refractivity contribution < 1.29 is 12.8 Å². The van der Waals surface area contributed by atoms with Crippen LogP contribution in [0.25, 0.3) is 0 Å². The zero-order valence-corrected chi connectivity index (χ0v) is 12.7. The van der Waals surface area contributed by atoms with Crippen LogP contribution in [0, 0.1) is 18.7 Å². The van der Waals surface area contributed by atoms with Crippen molar-refractivity contribution in [3.8, 4) is 0 Å². The standard InChI is InChI=1S/C14H21FN2O2S/c1-10-4-3-6-17(7-5-10)20(18,19)14-9-12(16)8-13(15)11(14)2/h8-10H,3-7,16H2,1-2H3. The van der Waals surface area contributed by atoms with Crippen LogP contribution in [-0.2, 0) is 10.0 Å². The van der Waals surface area contributed by atoms with Crippen LogP contribution in [0.1, 0.15) is 31.7 Å². The summed E-state index contributed by atoms with van der Waals surface area (Å²) in [6, 6.07) is 2.50. The van der Waals surface area contributed by atoms with Crippen LogP contribution in [0.5, 0.6) is 0 Å². The van der Waals surface area contributed by atoms with Crippen molar-refractivity contribution in [2.75, 3.05) is 18.8 Å². The minimum Gasteiger partial charge on any atom is -0.399 e. The molecule has 0 aromatic heterocycles. The molecule has 4 nitrogen and oxygen atoms in total. The highest BCUT2D eigenvalue weighted by molar-refractivity contribution is 7.89. The first-order chi connectivity index (χ1) is 9.32. The Morgan fingerprint density at radius 1 is 1.30 bits per heavy atom. The van der Waals surface area contributed by atoms with E-state index < -0.39 is 15.8 Å². The predicted molar refractivity (Wildman–Crippen MR) is 77.3 cm³/mol. The van der Waals surface area contributed by atoms with Crippen molar-refractivity contribution in [3.63, 3.8) is 0 Å². The molecule has 1 atom stereocenters. The van der Waals surface area contributed by atoms with Crippen LogP contribution in [0.15, 0.2) is 17.0 Å². The Morgan fingerprint density at radius 2 is 2.00 bits per heavy atom. The third-order valence-electron chi connectivity index (χ3n) is 3.91. The van der Waals surface area contributed by atoms with Gasteiger partial charge < -0.3 is 5.73 Å². The molecule has 1 saturated heterocycles. The number of rotatable bonds is 2. The fourth-order valence-corrected chi connectivity index (χ4v) is 4.32. The zero-order chi connectivity index (χ0) is 14.9. The van der Waals surface area contributed by atoms with E-state index in [1.807, 2.05) is 0 Å². The summed E-state index contributed by atoms with van der Waals surface area (Å²) in [7, 11) is -3.67. The molecule has 1 aromatic rings. The fraction of sp³-hybridized carbons (Fsp3) is 0.571. The van der Waals surface area contributed by atoms with E-state index in [2.05, 4.69) is 6.92 Å². The summed E-state index contributed by atoms with van der Waals surface area (Å²) in [6.45, 7) is 4.57. The second-order valence-corrected chi connectivity index (χ2v) is 7.47. The van der Waals surface area contributed by atoms with Gasteiger partial charge in [0, 0.05) is 24.3 Å². The molecule has 0 aliphatic carbocycles. The normalized spacial score (nSPS) is 21.6. The van der Waals surface area contributed by atoms with Gasteiger partial charge in [0.2, 0.25) is 10.0 Å². The fourth-order valence-electron chi connectivity index (χ4n) is 2.56. The first kappa shape index (κ1) is 15.3. The Morgan fingerprint density at radius 3 is 2.70 bits per heavy atom. The number of hydrogen-bond donors (Lipinski definition) is 1. The van der Waals surface area contributed by atoms with Crippen molar-refractivity contribution in [2.45, 2.75) is 38.0 Å². The monoisotopic (exact) mass is 300 g/mol. The van der Waals surface area contributed by atoms with Crippen molar-refractivity contribution in [2.24, 2.45) is 5.92 Å². The molecule has 1 aromatic carbocycles. The largest absolute Gasteiger partial charge is 0.399 e. The summed E-state index contributed by atoms with van der Waals surface area (Å²) in [6.07, 6.45) is 2.70. The van der Waals surface area contributed by atoms with Gasteiger partial charge in [0.15, 0.2) is 0 Å². The second kappa shape index (κ2) is 5.69. The van der Waals surface area contributed by atoms with Crippen LogP contribution in [0.4, 0.5) is 10.1 Å². The van der Waals surface area contributed by atoms with Gasteiger partial charge in [0.05, 0.1) is 4.90 Å². The zero-order valence-electron chi connectivity index (χ0n) is 11.9. The topological polar surface area (TPSA) is 63.4 Å². The summed E-state index contributed by atoms with van der Waals surface area (Å²) < 4.78 is 40.5. The van der Waals surface area contributed by atoms with E-state index in [1.165, 1.54) is 17.3 Å². The van der Waals surface area contributed by atoms with Crippen molar-refractivity contribution in [1.82, 2.24) is 4.31 Å². The summed E-state index contributed by atoms with van der Waals surface area (Å²) in [5.74, 6) is -0.0550. The Labute approximate surface area is 119 Å². The van der Waals surface area contributed by atoms with Gasteiger partial charge in [-0.05, 0) is 44.2 Å². The Bertz CT molecular complexity index is 601. The molecule has 20 heavy (non-hydrogen) atoms. The van der Waals surface area contributed by atoms with E-state index in [4.69, 9.17) is 5.73 Å². The van der Waals surface area contributed by atoms with Gasteiger partial charge in [-0.1, -0.05) is 6.92 Å². The van der Waals surface area contributed by atoms with E-state index >= 15 is 0 Å². The number of hydrogen-bond acceptors (Lipinski definition) is 3. The van der Waals surface area contributed by atoms with E-state index in [0.29, 0.717) is 19.0 Å². The molecule has 1 aliphatic heterocycles. The third-order valence-corrected chi connectivity index (χ3v) is 5.94. The Balaban J connectivity index is 2.40. The van der Waals surface area contributed by atoms with Gasteiger partial charge in [0.25, 0.3) is 0 Å². The highest BCUT2D eigenvalue weighted by Crippen LogP contribution is 2.27. The molecule has 2 N–H and O–H groups in total. The lowest BCUT2D eigenvalue weighted by Gasteiger charge is -2.21. The predicted octanol–water partition coefficient (Wildman–Crippen LogP) is 2.53. The highest BCUT2D eigenvalue weighted by atomic mass is 32.2. The summed E-state index contributed by atoms with van der Waals surface area (Å²) in [4.78, 5) is -0.00967. The van der Waals surface area contributed by atoms with Crippen molar-refractivity contribution in [3.05, 3.63) is 23.5 Å². The van der Waals surface area contributed by atoms with Crippen molar-refractivity contribution >= 4 is 15.7 Å². The number of benzene rings is 1. The minimum atomic E-state index is -3.67. The van der Waals surface area contributed by atoms with E-state index in [9.17, 15) is 12.8 Å². The number of nitrogens with two attached hydrogens (primary N) is 1. The Kier molecular flexibility index (Phi) is 4.34. The molecule has 0 bridgehead atoms. The third kappa shape index (κ3) is 2.96. The lowest BCUT2D eigenvalue weighted by atomic mass is 10.0. The van der Waals surface area contributed by atoms with Crippen LogP contribution < -0.4 is 5.73 Å².